The van der Waals surface area contributed by atoms with Gasteiger partial charge in [-0.15, -0.1) is 12.4 Å². The Morgan fingerprint density at radius 1 is 1.23 bits per heavy atom. The standard InChI is InChI=1S/C15H18N4O2.ClH/c1-16-10-11-18(2)15(21)13-8-9-14(20)19(17-13)12-6-4-3-5-7-12;/h3-9,16H,10-11H2,1-2H3;1H. The van der Waals surface area contributed by atoms with Gasteiger partial charge in [0, 0.05) is 26.2 Å². The van der Waals surface area contributed by atoms with Gasteiger partial charge in [0.15, 0.2) is 0 Å². The number of nitrogens with zero attached hydrogens (tertiary/aromatic N) is 3. The molecule has 22 heavy (non-hydrogen) atoms. The van der Waals surface area contributed by atoms with Crippen molar-refractivity contribution in [3.63, 3.8) is 0 Å². The van der Waals surface area contributed by atoms with Crippen LogP contribution in [0.5, 0.6) is 0 Å². The third-order valence-corrected chi connectivity index (χ3v) is 3.06. The summed E-state index contributed by atoms with van der Waals surface area (Å²) in [6, 6.07) is 11.9. The van der Waals surface area contributed by atoms with E-state index in [9.17, 15) is 9.59 Å². The minimum absolute atomic E-state index is 0. The summed E-state index contributed by atoms with van der Waals surface area (Å²) in [4.78, 5) is 25.7. The number of hydrogen-bond acceptors (Lipinski definition) is 4. The summed E-state index contributed by atoms with van der Waals surface area (Å²) in [5.74, 6) is -0.213. The van der Waals surface area contributed by atoms with Gasteiger partial charge in [0.2, 0.25) is 0 Å². The summed E-state index contributed by atoms with van der Waals surface area (Å²) in [5.41, 5.74) is 0.614. The van der Waals surface area contributed by atoms with E-state index in [1.54, 1.807) is 24.1 Å². The second kappa shape index (κ2) is 8.31. The van der Waals surface area contributed by atoms with E-state index in [1.165, 1.54) is 16.8 Å². The second-order valence-electron chi connectivity index (χ2n) is 4.63. The molecular formula is C15H19ClN4O2. The zero-order valence-corrected chi connectivity index (χ0v) is 13.3. The van der Waals surface area contributed by atoms with Gasteiger partial charge in [-0.25, -0.2) is 0 Å². The molecule has 0 atom stereocenters. The molecule has 7 heteroatoms. The average Bonchev–Trinajstić information content (AvgIpc) is 2.53. The van der Waals surface area contributed by atoms with E-state index in [1.807, 2.05) is 25.2 Å². The molecule has 0 radical (unpaired) electrons. The number of amides is 1. The fourth-order valence-electron chi connectivity index (χ4n) is 1.86. The predicted octanol–water partition coefficient (Wildman–Crippen LogP) is 0.946. The number of nitrogens with one attached hydrogen (secondary N) is 1. The van der Waals surface area contributed by atoms with Crippen molar-refractivity contribution >= 4 is 18.3 Å². The highest BCUT2D eigenvalue weighted by atomic mass is 35.5. The summed E-state index contributed by atoms with van der Waals surface area (Å²) < 4.78 is 1.24. The van der Waals surface area contributed by atoms with E-state index < -0.39 is 0 Å². The maximum atomic E-state index is 12.3. The molecule has 2 aromatic rings. The lowest BCUT2D eigenvalue weighted by molar-refractivity contribution is 0.0789. The zero-order valence-electron chi connectivity index (χ0n) is 12.5. The molecule has 0 saturated carbocycles. The van der Waals surface area contributed by atoms with E-state index in [2.05, 4.69) is 10.4 Å². The van der Waals surface area contributed by atoms with Crippen LogP contribution in [-0.4, -0.2) is 47.8 Å². The number of rotatable bonds is 5. The minimum Gasteiger partial charge on any atom is -0.339 e. The van der Waals surface area contributed by atoms with Gasteiger partial charge in [-0.3, -0.25) is 9.59 Å². The molecule has 6 nitrogen and oxygen atoms in total. The number of carbonyl (C=O) groups excluding carboxylic acids is 1. The number of benzene rings is 1. The molecule has 1 aromatic heterocycles. The lowest BCUT2D eigenvalue weighted by Gasteiger charge is -2.16. The largest absolute Gasteiger partial charge is 0.339 e. The Kier molecular flexibility index (Phi) is 6.75. The molecule has 0 aliphatic carbocycles. The third-order valence-electron chi connectivity index (χ3n) is 3.06. The Bertz CT molecular complexity index is 673. The molecule has 0 saturated heterocycles. The number of halogens is 1. The van der Waals surface area contributed by atoms with E-state index in [-0.39, 0.29) is 29.6 Å². The normalized spacial score (nSPS) is 9.91. The SMILES string of the molecule is CNCCN(C)C(=O)c1ccc(=O)n(-c2ccccc2)n1.Cl. The second-order valence-corrected chi connectivity index (χ2v) is 4.63. The summed E-state index contributed by atoms with van der Waals surface area (Å²) >= 11 is 0. The first kappa shape index (κ1) is 17.9. The summed E-state index contributed by atoms with van der Waals surface area (Å²) in [6.07, 6.45) is 0. The molecule has 118 valence electrons. The lowest BCUT2D eigenvalue weighted by atomic mass is 10.3. The highest BCUT2D eigenvalue weighted by Gasteiger charge is 2.14. The first-order chi connectivity index (χ1) is 10.1. The van der Waals surface area contributed by atoms with Crippen LogP contribution in [0.25, 0.3) is 5.69 Å². The van der Waals surface area contributed by atoms with Gasteiger partial charge in [0.25, 0.3) is 11.5 Å². The molecule has 0 aliphatic rings. The van der Waals surface area contributed by atoms with Gasteiger partial charge in [0.05, 0.1) is 5.69 Å². The van der Waals surface area contributed by atoms with Crippen LogP contribution in [0.3, 0.4) is 0 Å². The van der Waals surface area contributed by atoms with Crippen LogP contribution in [0.4, 0.5) is 0 Å². The van der Waals surface area contributed by atoms with Gasteiger partial charge >= 0.3 is 0 Å². The van der Waals surface area contributed by atoms with E-state index in [4.69, 9.17) is 0 Å². The van der Waals surface area contributed by atoms with Crippen molar-refractivity contribution in [2.45, 2.75) is 0 Å². The number of aromatic nitrogens is 2. The summed E-state index contributed by atoms with van der Waals surface area (Å²) in [7, 11) is 3.53. The van der Waals surface area contributed by atoms with Crippen LogP contribution in [0, 0.1) is 0 Å². The third kappa shape index (κ3) is 4.16. The summed E-state index contributed by atoms with van der Waals surface area (Å²) in [5, 5.41) is 7.15. The first-order valence-electron chi connectivity index (χ1n) is 6.69. The van der Waals surface area contributed by atoms with Gasteiger partial charge < -0.3 is 10.2 Å². The Balaban J connectivity index is 0.00000242. The Hall–Kier alpha value is -2.18. The fourth-order valence-corrected chi connectivity index (χ4v) is 1.86. The van der Waals surface area contributed by atoms with Crippen molar-refractivity contribution < 1.29 is 4.79 Å². The van der Waals surface area contributed by atoms with Crippen molar-refractivity contribution in [3.05, 3.63) is 58.5 Å². The highest BCUT2D eigenvalue weighted by Crippen LogP contribution is 2.04. The van der Waals surface area contributed by atoms with Gasteiger partial charge in [-0.05, 0) is 25.2 Å². The van der Waals surface area contributed by atoms with Crippen LogP contribution < -0.4 is 10.9 Å². The number of likely N-dealkylation sites (N-methyl/N-ethyl adjacent to an activating group) is 2. The van der Waals surface area contributed by atoms with Crippen LogP contribution in [0.15, 0.2) is 47.3 Å². The zero-order chi connectivity index (χ0) is 15.2. The molecule has 0 bridgehead atoms. The Labute approximate surface area is 135 Å². The maximum Gasteiger partial charge on any atom is 0.274 e. The average molecular weight is 323 g/mol. The monoisotopic (exact) mass is 322 g/mol. The van der Waals surface area contributed by atoms with Crippen LogP contribution >= 0.6 is 12.4 Å². The van der Waals surface area contributed by atoms with Gasteiger partial charge in [-0.2, -0.15) is 9.78 Å². The van der Waals surface area contributed by atoms with E-state index >= 15 is 0 Å². The van der Waals surface area contributed by atoms with Gasteiger partial charge in [0.1, 0.15) is 5.69 Å². The summed E-state index contributed by atoms with van der Waals surface area (Å²) in [6.45, 7) is 1.27. The molecule has 0 fully saturated rings. The van der Waals surface area contributed by atoms with Crippen LogP contribution in [-0.2, 0) is 0 Å². The van der Waals surface area contributed by atoms with Crippen LogP contribution in [0.2, 0.25) is 0 Å². The lowest BCUT2D eigenvalue weighted by Crippen LogP contribution is -2.34. The van der Waals surface area contributed by atoms with Crippen molar-refractivity contribution in [1.82, 2.24) is 20.0 Å². The maximum absolute atomic E-state index is 12.3. The number of carbonyl (C=O) groups is 1. The quantitative estimate of drug-likeness (QED) is 0.890. The fraction of sp³-hybridized carbons (Fsp3) is 0.267. The Morgan fingerprint density at radius 3 is 2.55 bits per heavy atom. The predicted molar refractivity (Wildman–Crippen MR) is 88.0 cm³/mol. The molecule has 0 spiro atoms. The molecule has 1 heterocycles. The Morgan fingerprint density at radius 2 is 1.91 bits per heavy atom. The molecule has 1 N–H and O–H groups in total. The molecule has 2 rings (SSSR count). The van der Waals surface area contributed by atoms with Crippen molar-refractivity contribution in [3.8, 4) is 5.69 Å². The number of para-hydroxylation sites is 1. The smallest absolute Gasteiger partial charge is 0.274 e. The molecule has 1 aromatic carbocycles. The van der Waals surface area contributed by atoms with Crippen LogP contribution in [0.1, 0.15) is 10.5 Å². The highest BCUT2D eigenvalue weighted by molar-refractivity contribution is 5.91. The first-order valence-corrected chi connectivity index (χ1v) is 6.69. The molecule has 0 aliphatic heterocycles. The van der Waals surface area contributed by atoms with Crippen molar-refractivity contribution in [2.75, 3.05) is 27.2 Å². The molecule has 1 amide bonds. The van der Waals surface area contributed by atoms with E-state index in [0.29, 0.717) is 18.8 Å². The van der Waals surface area contributed by atoms with E-state index in [0.717, 1.165) is 0 Å². The minimum atomic E-state index is -0.268. The molecule has 0 unspecified atom stereocenters. The van der Waals surface area contributed by atoms with Gasteiger partial charge in [-0.1, -0.05) is 18.2 Å². The van der Waals surface area contributed by atoms with Crippen molar-refractivity contribution in [1.29, 1.82) is 0 Å². The number of hydrogen-bond donors (Lipinski definition) is 1. The topological polar surface area (TPSA) is 67.2 Å². The van der Waals surface area contributed by atoms with Crippen molar-refractivity contribution in [2.24, 2.45) is 0 Å². The molecular weight excluding hydrogens is 304 g/mol.